The van der Waals surface area contributed by atoms with Crippen molar-refractivity contribution in [3.63, 3.8) is 0 Å². The van der Waals surface area contributed by atoms with Crippen LogP contribution in [0.25, 0.3) is 11.4 Å². The maximum Gasteiger partial charge on any atom is 0.387 e. The molecule has 3 aromatic rings. The predicted molar refractivity (Wildman–Crippen MR) is 132 cm³/mol. The van der Waals surface area contributed by atoms with Gasteiger partial charge >= 0.3 is 12.6 Å². The van der Waals surface area contributed by atoms with Crippen molar-refractivity contribution in [1.29, 1.82) is 0 Å². The van der Waals surface area contributed by atoms with E-state index in [2.05, 4.69) is 25.5 Å². The van der Waals surface area contributed by atoms with Crippen LogP contribution in [-0.2, 0) is 16.1 Å². The molecule has 4 rings (SSSR count). The van der Waals surface area contributed by atoms with E-state index in [9.17, 15) is 18.4 Å². The van der Waals surface area contributed by atoms with Crippen LogP contribution in [0.1, 0.15) is 54.9 Å². The number of benzene rings is 2. The molecule has 0 bridgehead atoms. The Kier molecular flexibility index (Phi) is 8.49. The highest BCUT2D eigenvalue weighted by atomic mass is 19.3. The van der Waals surface area contributed by atoms with E-state index in [1.54, 1.807) is 36.4 Å². The van der Waals surface area contributed by atoms with Crippen molar-refractivity contribution in [2.24, 2.45) is 0 Å². The highest BCUT2D eigenvalue weighted by molar-refractivity contribution is 5.94. The Hall–Kier alpha value is -4.09. The molecule has 1 aromatic heterocycles. The van der Waals surface area contributed by atoms with Gasteiger partial charge in [-0.1, -0.05) is 18.2 Å². The molecule has 0 saturated heterocycles. The highest BCUT2D eigenvalue weighted by Gasteiger charge is 2.35. The van der Waals surface area contributed by atoms with Crippen LogP contribution in [0.5, 0.6) is 11.5 Å². The first-order chi connectivity index (χ1) is 18.3. The smallest absolute Gasteiger partial charge is 0.387 e. The fourth-order valence-electron chi connectivity index (χ4n) is 4.64. The molecule has 1 heterocycles. The summed E-state index contributed by atoms with van der Waals surface area (Å²) in [6.07, 6.45) is 1.23. The van der Waals surface area contributed by atoms with Crippen LogP contribution in [0, 0.1) is 0 Å². The van der Waals surface area contributed by atoms with Crippen LogP contribution in [0.4, 0.5) is 8.78 Å². The molecule has 3 unspecified atom stereocenters. The minimum absolute atomic E-state index is 0.0901. The van der Waals surface area contributed by atoms with Gasteiger partial charge in [0.2, 0.25) is 5.82 Å². The number of ether oxygens (including phenoxy) is 3. The van der Waals surface area contributed by atoms with Crippen LogP contribution >= 0.6 is 0 Å². The number of alkyl halides is 2. The van der Waals surface area contributed by atoms with Crippen molar-refractivity contribution < 1.29 is 32.6 Å². The van der Waals surface area contributed by atoms with Crippen LogP contribution in [0.15, 0.2) is 42.5 Å². The minimum atomic E-state index is -2.99. The molecular weight excluding hydrogens is 500 g/mol. The molecule has 1 saturated carbocycles. The van der Waals surface area contributed by atoms with E-state index in [1.807, 2.05) is 6.92 Å². The lowest BCUT2D eigenvalue weighted by atomic mass is 9.78. The Bertz CT molecular complexity index is 1270. The molecule has 0 radical (unpaired) electrons. The second-order valence-corrected chi connectivity index (χ2v) is 8.90. The molecule has 12 heteroatoms. The second kappa shape index (κ2) is 12.0. The number of hydrogen-bond acceptors (Lipinski definition) is 8. The summed E-state index contributed by atoms with van der Waals surface area (Å²) in [6.45, 7) is 0.866. The standard InChI is InChI=1S/C26H29F2N5O5/c1-4-33-31-24(30-32-33)16-5-7-17(8-6-16)25(35)29-21-11-10-19(37-15(2)34)14-20(21)18-9-12-22(38-26(27)28)23(13-18)36-3/h5-9,12-13,19-21,26H,4,10-11,14H2,1-3H3,(H,29,35). The third-order valence-electron chi connectivity index (χ3n) is 6.42. The average molecular weight is 530 g/mol. The largest absolute Gasteiger partial charge is 0.493 e. The zero-order valence-electron chi connectivity index (χ0n) is 21.3. The number of nitrogens with zero attached hydrogens (tertiary/aromatic N) is 4. The van der Waals surface area contributed by atoms with E-state index in [1.165, 1.54) is 24.9 Å². The molecule has 10 nitrogen and oxygen atoms in total. The van der Waals surface area contributed by atoms with Crippen molar-refractivity contribution >= 4 is 11.9 Å². The average Bonchev–Trinajstić information content (AvgIpc) is 3.39. The number of aryl methyl sites for hydroxylation is 1. The number of tetrazole rings is 1. The fraction of sp³-hybridized carbons (Fsp3) is 0.423. The lowest BCUT2D eigenvalue weighted by Gasteiger charge is -2.36. The number of carbonyl (C=O) groups excluding carboxylic acids is 2. The van der Waals surface area contributed by atoms with E-state index < -0.39 is 6.61 Å². The van der Waals surface area contributed by atoms with Crippen LogP contribution < -0.4 is 14.8 Å². The van der Waals surface area contributed by atoms with Gasteiger partial charge in [-0.25, -0.2) is 0 Å². The fourth-order valence-corrected chi connectivity index (χ4v) is 4.64. The van der Waals surface area contributed by atoms with Gasteiger partial charge in [-0.05, 0) is 61.2 Å². The summed E-state index contributed by atoms with van der Waals surface area (Å²) in [5.74, 6) is -0.398. The SMILES string of the molecule is CCn1nnc(-c2ccc(C(=O)NC3CCC(OC(C)=O)CC3c3ccc(OC(F)F)c(OC)c3)cc2)n1. The number of aromatic nitrogens is 4. The Morgan fingerprint density at radius 2 is 1.89 bits per heavy atom. The van der Waals surface area contributed by atoms with Crippen LogP contribution in [0.2, 0.25) is 0 Å². The quantitative estimate of drug-likeness (QED) is 0.414. The number of rotatable bonds is 9. The number of amides is 1. The van der Waals surface area contributed by atoms with Gasteiger partial charge in [0.05, 0.1) is 13.7 Å². The molecule has 2 aromatic carbocycles. The first kappa shape index (κ1) is 27.0. The number of nitrogens with one attached hydrogen (secondary N) is 1. The van der Waals surface area contributed by atoms with E-state index >= 15 is 0 Å². The Balaban J connectivity index is 1.54. The summed E-state index contributed by atoms with van der Waals surface area (Å²) >= 11 is 0. The normalized spacial score (nSPS) is 19.2. The van der Waals surface area contributed by atoms with Gasteiger partial charge in [0.15, 0.2) is 11.5 Å². The zero-order valence-corrected chi connectivity index (χ0v) is 21.3. The number of methoxy groups -OCH3 is 1. The van der Waals surface area contributed by atoms with Crippen molar-refractivity contribution in [1.82, 2.24) is 25.5 Å². The monoisotopic (exact) mass is 529 g/mol. The van der Waals surface area contributed by atoms with Gasteiger partial charge in [0.25, 0.3) is 5.91 Å². The Labute approximate surface area is 218 Å². The molecule has 1 aliphatic carbocycles. The van der Waals surface area contributed by atoms with Crippen LogP contribution in [-0.4, -0.2) is 58.0 Å². The maximum absolute atomic E-state index is 13.2. The summed E-state index contributed by atoms with van der Waals surface area (Å²) in [7, 11) is 1.36. The predicted octanol–water partition coefficient (Wildman–Crippen LogP) is 3.97. The number of hydrogen-bond donors (Lipinski definition) is 1. The van der Waals surface area contributed by atoms with E-state index in [0.29, 0.717) is 37.2 Å². The summed E-state index contributed by atoms with van der Waals surface area (Å²) in [5, 5.41) is 15.3. The number of esters is 1. The molecule has 0 aliphatic heterocycles. The molecule has 1 N–H and O–H groups in total. The Morgan fingerprint density at radius 3 is 2.53 bits per heavy atom. The number of halogens is 2. The molecule has 1 aliphatic rings. The maximum atomic E-state index is 13.2. The third kappa shape index (κ3) is 6.42. The van der Waals surface area contributed by atoms with Crippen molar-refractivity contribution in [3.8, 4) is 22.9 Å². The van der Waals surface area contributed by atoms with Crippen molar-refractivity contribution in [3.05, 3.63) is 53.6 Å². The summed E-state index contributed by atoms with van der Waals surface area (Å²) < 4.78 is 40.8. The van der Waals surface area contributed by atoms with Gasteiger partial charge in [0.1, 0.15) is 6.10 Å². The second-order valence-electron chi connectivity index (χ2n) is 8.90. The first-order valence-electron chi connectivity index (χ1n) is 12.3. The highest BCUT2D eigenvalue weighted by Crippen LogP contribution is 2.39. The van der Waals surface area contributed by atoms with E-state index in [4.69, 9.17) is 9.47 Å². The first-order valence-corrected chi connectivity index (χ1v) is 12.3. The third-order valence-corrected chi connectivity index (χ3v) is 6.42. The van der Waals surface area contributed by atoms with Crippen LogP contribution in [0.3, 0.4) is 0 Å². The molecule has 202 valence electrons. The van der Waals surface area contributed by atoms with Gasteiger partial charge in [-0.15, -0.1) is 10.2 Å². The lowest BCUT2D eigenvalue weighted by molar-refractivity contribution is -0.148. The topological polar surface area (TPSA) is 117 Å². The number of carbonyl (C=O) groups is 2. The zero-order chi connectivity index (χ0) is 27.2. The lowest BCUT2D eigenvalue weighted by Crippen LogP contribution is -2.44. The van der Waals surface area contributed by atoms with Gasteiger partial charge in [-0.2, -0.15) is 13.6 Å². The summed E-state index contributed by atoms with van der Waals surface area (Å²) in [4.78, 5) is 26.2. The summed E-state index contributed by atoms with van der Waals surface area (Å²) in [6, 6.07) is 11.3. The van der Waals surface area contributed by atoms with E-state index in [0.717, 1.165) is 11.1 Å². The van der Waals surface area contributed by atoms with Gasteiger partial charge in [0, 0.05) is 30.0 Å². The molecule has 1 fully saturated rings. The molecule has 3 atom stereocenters. The van der Waals surface area contributed by atoms with Crippen molar-refractivity contribution in [2.75, 3.05) is 7.11 Å². The van der Waals surface area contributed by atoms with E-state index in [-0.39, 0.29) is 41.4 Å². The Morgan fingerprint density at radius 1 is 1.13 bits per heavy atom. The van der Waals surface area contributed by atoms with Gasteiger partial charge in [-0.3, -0.25) is 9.59 Å². The molecule has 1 amide bonds. The molecule has 38 heavy (non-hydrogen) atoms. The van der Waals surface area contributed by atoms with Crippen molar-refractivity contribution in [2.45, 2.75) is 64.3 Å². The summed E-state index contributed by atoms with van der Waals surface area (Å²) in [5.41, 5.74) is 1.93. The van der Waals surface area contributed by atoms with Gasteiger partial charge < -0.3 is 19.5 Å². The molecular formula is C26H29F2N5O5. The molecule has 0 spiro atoms. The minimum Gasteiger partial charge on any atom is -0.493 e.